The first-order valence-electron chi connectivity index (χ1n) is 5.82. The lowest BCUT2D eigenvalue weighted by Crippen LogP contribution is -2.39. The lowest BCUT2D eigenvalue weighted by molar-refractivity contribution is -0.120. The van der Waals surface area contributed by atoms with Gasteiger partial charge in [0.25, 0.3) is 0 Å². The van der Waals surface area contributed by atoms with E-state index >= 15 is 0 Å². The van der Waals surface area contributed by atoms with Crippen LogP contribution in [0.3, 0.4) is 0 Å². The zero-order valence-electron chi connectivity index (χ0n) is 9.76. The molecule has 3 nitrogen and oxygen atoms in total. The van der Waals surface area contributed by atoms with E-state index in [4.69, 9.17) is 5.73 Å². The summed E-state index contributed by atoms with van der Waals surface area (Å²) in [6, 6.07) is 9.89. The maximum absolute atomic E-state index is 11.6. The number of amides is 1. The summed E-state index contributed by atoms with van der Waals surface area (Å²) in [6.45, 7) is 0.607. The molecule has 17 heavy (non-hydrogen) atoms. The minimum Gasteiger partial charge on any atom is -0.354 e. The molecular weight excluding hydrogens is 236 g/mol. The molecular formula is C13H19ClN2O. The van der Waals surface area contributed by atoms with Gasteiger partial charge in [-0.2, -0.15) is 0 Å². The highest BCUT2D eigenvalue weighted by molar-refractivity contribution is 5.85. The van der Waals surface area contributed by atoms with Gasteiger partial charge in [-0.3, -0.25) is 4.79 Å². The summed E-state index contributed by atoms with van der Waals surface area (Å²) in [6.07, 6.45) is 2.88. The van der Waals surface area contributed by atoms with E-state index < -0.39 is 0 Å². The summed E-state index contributed by atoms with van der Waals surface area (Å²) in [5, 5.41) is 2.89. The predicted molar refractivity (Wildman–Crippen MR) is 71.1 cm³/mol. The second-order valence-corrected chi connectivity index (χ2v) is 4.47. The van der Waals surface area contributed by atoms with E-state index in [2.05, 4.69) is 5.32 Å². The van der Waals surface area contributed by atoms with Crippen LogP contribution in [0.1, 0.15) is 18.4 Å². The molecule has 0 bridgehead atoms. The van der Waals surface area contributed by atoms with E-state index in [-0.39, 0.29) is 24.4 Å². The number of hydrogen-bond acceptors (Lipinski definition) is 2. The molecule has 1 unspecified atom stereocenters. The number of halogens is 1. The Labute approximate surface area is 108 Å². The van der Waals surface area contributed by atoms with E-state index in [1.165, 1.54) is 12.8 Å². The second kappa shape index (κ2) is 6.62. The molecule has 1 amide bonds. The first kappa shape index (κ1) is 14.0. The van der Waals surface area contributed by atoms with Crippen molar-refractivity contribution >= 4 is 18.3 Å². The van der Waals surface area contributed by atoms with Crippen LogP contribution in [0.2, 0.25) is 0 Å². The van der Waals surface area contributed by atoms with Crippen molar-refractivity contribution in [1.82, 2.24) is 5.32 Å². The van der Waals surface area contributed by atoms with Gasteiger partial charge in [0.2, 0.25) is 5.91 Å². The third-order valence-electron chi connectivity index (χ3n) is 2.97. The zero-order valence-corrected chi connectivity index (χ0v) is 10.6. The molecule has 1 aliphatic carbocycles. The summed E-state index contributed by atoms with van der Waals surface area (Å²) in [5.41, 5.74) is 6.95. The van der Waals surface area contributed by atoms with Gasteiger partial charge < -0.3 is 11.1 Å². The van der Waals surface area contributed by atoms with Crippen LogP contribution in [0, 0.1) is 5.92 Å². The van der Waals surface area contributed by atoms with Crippen molar-refractivity contribution in [2.75, 3.05) is 6.54 Å². The number of rotatable bonds is 5. The lowest BCUT2D eigenvalue weighted by atomic mass is 10.1. The van der Waals surface area contributed by atoms with E-state index in [0.717, 1.165) is 5.56 Å². The van der Waals surface area contributed by atoms with Gasteiger partial charge in [0.05, 0.1) is 6.42 Å². The van der Waals surface area contributed by atoms with Crippen molar-refractivity contribution in [2.45, 2.75) is 25.3 Å². The zero-order chi connectivity index (χ0) is 11.4. The highest BCUT2D eigenvalue weighted by Gasteiger charge is 2.28. The summed E-state index contributed by atoms with van der Waals surface area (Å²) in [4.78, 5) is 11.6. The van der Waals surface area contributed by atoms with E-state index in [9.17, 15) is 4.79 Å². The summed E-state index contributed by atoms with van der Waals surface area (Å²) >= 11 is 0. The highest BCUT2D eigenvalue weighted by atomic mass is 35.5. The Bertz CT molecular complexity index is 352. The van der Waals surface area contributed by atoms with Gasteiger partial charge in [-0.15, -0.1) is 12.4 Å². The number of nitrogens with two attached hydrogens (primary N) is 1. The minimum absolute atomic E-state index is 0. The van der Waals surface area contributed by atoms with Crippen LogP contribution in [0.25, 0.3) is 0 Å². The fraction of sp³-hybridized carbons (Fsp3) is 0.462. The molecule has 94 valence electrons. The molecule has 1 aromatic rings. The quantitative estimate of drug-likeness (QED) is 0.837. The largest absolute Gasteiger partial charge is 0.354 e. The standard InChI is InChI=1S/C13H18N2O.ClH/c14-12(11-6-7-11)9-15-13(16)8-10-4-2-1-3-5-10;/h1-5,11-12H,6-9,14H2,(H,15,16);1H. The Kier molecular flexibility index (Phi) is 5.45. The number of nitrogens with one attached hydrogen (secondary N) is 1. The van der Waals surface area contributed by atoms with Gasteiger partial charge in [0.1, 0.15) is 0 Å². The molecule has 1 atom stereocenters. The Morgan fingerprint density at radius 1 is 1.35 bits per heavy atom. The second-order valence-electron chi connectivity index (χ2n) is 4.47. The SMILES string of the molecule is Cl.NC(CNC(=O)Cc1ccccc1)C1CC1. The minimum atomic E-state index is 0. The average molecular weight is 255 g/mol. The smallest absolute Gasteiger partial charge is 0.224 e. The maximum Gasteiger partial charge on any atom is 0.224 e. The van der Waals surface area contributed by atoms with Gasteiger partial charge in [-0.05, 0) is 24.3 Å². The average Bonchev–Trinajstić information content (AvgIpc) is 3.11. The fourth-order valence-electron chi connectivity index (χ4n) is 1.77. The number of benzene rings is 1. The predicted octanol–water partition coefficient (Wildman–Crippen LogP) is 1.50. The number of carbonyl (C=O) groups excluding carboxylic acids is 1. The van der Waals surface area contributed by atoms with Crippen LogP contribution in [0.5, 0.6) is 0 Å². The summed E-state index contributed by atoms with van der Waals surface area (Å²) in [7, 11) is 0. The van der Waals surface area contributed by atoms with Crippen molar-refractivity contribution in [1.29, 1.82) is 0 Å². The monoisotopic (exact) mass is 254 g/mol. The van der Waals surface area contributed by atoms with Gasteiger partial charge in [-0.25, -0.2) is 0 Å². The molecule has 0 heterocycles. The van der Waals surface area contributed by atoms with Gasteiger partial charge in [0, 0.05) is 12.6 Å². The Morgan fingerprint density at radius 2 is 2.00 bits per heavy atom. The van der Waals surface area contributed by atoms with Crippen LogP contribution in [0.4, 0.5) is 0 Å². The van der Waals surface area contributed by atoms with Crippen LogP contribution in [-0.4, -0.2) is 18.5 Å². The van der Waals surface area contributed by atoms with Crippen LogP contribution in [0.15, 0.2) is 30.3 Å². The highest BCUT2D eigenvalue weighted by Crippen LogP contribution is 2.31. The van der Waals surface area contributed by atoms with Gasteiger partial charge in [0.15, 0.2) is 0 Å². The van der Waals surface area contributed by atoms with Crippen LogP contribution >= 0.6 is 12.4 Å². The molecule has 4 heteroatoms. The van der Waals surface area contributed by atoms with Crippen molar-refractivity contribution in [3.8, 4) is 0 Å². The van der Waals surface area contributed by atoms with Gasteiger partial charge >= 0.3 is 0 Å². The molecule has 1 aliphatic rings. The van der Waals surface area contributed by atoms with Crippen molar-refractivity contribution < 1.29 is 4.79 Å². The molecule has 2 rings (SSSR count). The van der Waals surface area contributed by atoms with Crippen LogP contribution in [-0.2, 0) is 11.2 Å². The van der Waals surface area contributed by atoms with Crippen molar-refractivity contribution in [3.05, 3.63) is 35.9 Å². The molecule has 3 N–H and O–H groups in total. The lowest BCUT2D eigenvalue weighted by Gasteiger charge is -2.11. The van der Waals surface area contributed by atoms with Crippen molar-refractivity contribution in [2.24, 2.45) is 11.7 Å². The molecule has 0 aromatic heterocycles. The van der Waals surface area contributed by atoms with Crippen molar-refractivity contribution in [3.63, 3.8) is 0 Å². The van der Waals surface area contributed by atoms with Gasteiger partial charge in [-0.1, -0.05) is 30.3 Å². The molecule has 1 saturated carbocycles. The Morgan fingerprint density at radius 3 is 2.59 bits per heavy atom. The summed E-state index contributed by atoms with van der Waals surface area (Å²) < 4.78 is 0. The third-order valence-corrected chi connectivity index (χ3v) is 2.97. The number of carbonyl (C=O) groups is 1. The molecule has 0 saturated heterocycles. The molecule has 0 spiro atoms. The van der Waals surface area contributed by atoms with E-state index in [1.54, 1.807) is 0 Å². The molecule has 0 radical (unpaired) electrons. The first-order valence-corrected chi connectivity index (χ1v) is 5.82. The van der Waals surface area contributed by atoms with Crippen LogP contribution < -0.4 is 11.1 Å². The normalized spacial score (nSPS) is 15.8. The third kappa shape index (κ3) is 4.75. The summed E-state index contributed by atoms with van der Waals surface area (Å²) in [5.74, 6) is 0.694. The number of hydrogen-bond donors (Lipinski definition) is 2. The topological polar surface area (TPSA) is 55.1 Å². The van der Waals surface area contributed by atoms with E-state index in [1.807, 2.05) is 30.3 Å². The maximum atomic E-state index is 11.6. The molecule has 1 aromatic carbocycles. The fourth-order valence-corrected chi connectivity index (χ4v) is 1.77. The van der Waals surface area contributed by atoms with E-state index in [0.29, 0.717) is 18.9 Å². The first-order chi connectivity index (χ1) is 7.75. The Balaban J connectivity index is 0.00000144. The molecule has 0 aliphatic heterocycles. The Hall–Kier alpha value is -1.06. The molecule has 1 fully saturated rings.